The second-order valence-corrected chi connectivity index (χ2v) is 7.50. The third-order valence-corrected chi connectivity index (χ3v) is 5.25. The molecule has 2 nitrogen and oxygen atoms in total. The van der Waals surface area contributed by atoms with Gasteiger partial charge in [0.25, 0.3) is 0 Å². The van der Waals surface area contributed by atoms with Crippen LogP contribution in [0, 0.1) is 5.41 Å². The van der Waals surface area contributed by atoms with Crippen molar-refractivity contribution in [3.05, 3.63) is 0 Å². The molecule has 17 heavy (non-hydrogen) atoms. The minimum absolute atomic E-state index is 0.251. The fourth-order valence-electron chi connectivity index (χ4n) is 3.21. The van der Waals surface area contributed by atoms with Crippen LogP contribution in [0.2, 0.25) is 0 Å². The Morgan fingerprint density at radius 2 is 2.00 bits per heavy atom. The van der Waals surface area contributed by atoms with Gasteiger partial charge in [-0.05, 0) is 57.1 Å². The maximum Gasteiger partial charge on any atom is 0.0336 e. The van der Waals surface area contributed by atoms with Crippen LogP contribution < -0.4 is 5.73 Å². The van der Waals surface area contributed by atoms with Crippen molar-refractivity contribution in [3.8, 4) is 0 Å². The zero-order valence-electron chi connectivity index (χ0n) is 12.3. The first-order valence-electron chi connectivity index (χ1n) is 6.79. The molecular formula is C14H30N2S. The highest BCUT2D eigenvalue weighted by Crippen LogP contribution is 2.46. The molecule has 0 saturated heterocycles. The summed E-state index contributed by atoms with van der Waals surface area (Å²) in [6, 6.07) is 0.639. The number of likely N-dealkylation sites (N-methyl/N-ethyl adjacent to an activating group) is 1. The first kappa shape index (κ1) is 15.3. The Hall–Kier alpha value is 0.270. The fraction of sp³-hybridized carbons (Fsp3) is 1.00. The Labute approximate surface area is 112 Å². The molecule has 1 fully saturated rings. The van der Waals surface area contributed by atoms with Gasteiger partial charge in [0.15, 0.2) is 0 Å². The molecule has 3 heteroatoms. The molecule has 2 unspecified atom stereocenters. The third-order valence-electron chi connectivity index (χ3n) is 4.60. The summed E-state index contributed by atoms with van der Waals surface area (Å²) in [7, 11) is 2.28. The molecule has 1 rings (SSSR count). The molecule has 0 bridgehead atoms. The van der Waals surface area contributed by atoms with Crippen LogP contribution in [0.1, 0.15) is 46.5 Å². The fourth-order valence-corrected chi connectivity index (χ4v) is 3.78. The molecule has 2 N–H and O–H groups in total. The summed E-state index contributed by atoms with van der Waals surface area (Å²) in [6.07, 6.45) is 7.26. The van der Waals surface area contributed by atoms with Crippen molar-refractivity contribution in [2.75, 3.05) is 25.6 Å². The molecule has 0 aromatic heterocycles. The van der Waals surface area contributed by atoms with Gasteiger partial charge in [-0.15, -0.1) is 0 Å². The average Bonchev–Trinajstić information content (AvgIpc) is 2.62. The lowest BCUT2D eigenvalue weighted by atomic mass is 9.86. The number of rotatable bonds is 6. The minimum atomic E-state index is 0.251. The van der Waals surface area contributed by atoms with Gasteiger partial charge in [-0.1, -0.05) is 13.8 Å². The molecule has 0 radical (unpaired) electrons. The molecular weight excluding hydrogens is 228 g/mol. The second kappa shape index (κ2) is 5.94. The van der Waals surface area contributed by atoms with E-state index in [1.807, 2.05) is 11.8 Å². The van der Waals surface area contributed by atoms with Crippen LogP contribution in [0.15, 0.2) is 0 Å². The van der Waals surface area contributed by atoms with Crippen LogP contribution in [0.4, 0.5) is 0 Å². The summed E-state index contributed by atoms with van der Waals surface area (Å²) < 4.78 is 0. The summed E-state index contributed by atoms with van der Waals surface area (Å²) in [5, 5.41) is 0. The molecule has 0 aromatic carbocycles. The number of nitrogens with zero attached hydrogens (tertiary/aromatic N) is 1. The Balaban J connectivity index is 2.67. The summed E-state index contributed by atoms with van der Waals surface area (Å²) >= 11 is 1.94. The van der Waals surface area contributed by atoms with Crippen molar-refractivity contribution in [1.82, 2.24) is 4.90 Å². The molecule has 2 atom stereocenters. The SMILES string of the molecule is CSCCC(C)N(C)C1(CN)CCC(C)(C)C1. The monoisotopic (exact) mass is 258 g/mol. The average molecular weight is 258 g/mol. The number of hydrogen-bond donors (Lipinski definition) is 1. The highest BCUT2D eigenvalue weighted by Gasteiger charge is 2.45. The summed E-state index contributed by atoms with van der Waals surface area (Å²) in [5.74, 6) is 1.25. The maximum absolute atomic E-state index is 6.11. The lowest BCUT2D eigenvalue weighted by molar-refractivity contribution is 0.0786. The van der Waals surface area contributed by atoms with E-state index in [4.69, 9.17) is 5.73 Å². The van der Waals surface area contributed by atoms with E-state index in [0.29, 0.717) is 11.5 Å². The smallest absolute Gasteiger partial charge is 0.0336 e. The van der Waals surface area contributed by atoms with Crippen LogP contribution in [-0.4, -0.2) is 42.1 Å². The minimum Gasteiger partial charge on any atom is -0.329 e. The molecule has 1 aliphatic carbocycles. The molecule has 1 saturated carbocycles. The predicted molar refractivity (Wildman–Crippen MR) is 79.6 cm³/mol. The van der Waals surface area contributed by atoms with E-state index < -0.39 is 0 Å². The summed E-state index contributed by atoms with van der Waals surface area (Å²) in [6.45, 7) is 7.91. The number of thioether (sulfide) groups is 1. The lowest BCUT2D eigenvalue weighted by Gasteiger charge is -2.43. The van der Waals surface area contributed by atoms with Gasteiger partial charge in [-0.2, -0.15) is 11.8 Å². The Kier molecular flexibility index (Phi) is 5.36. The van der Waals surface area contributed by atoms with Crippen LogP contribution in [-0.2, 0) is 0 Å². The van der Waals surface area contributed by atoms with Crippen molar-refractivity contribution in [1.29, 1.82) is 0 Å². The van der Waals surface area contributed by atoms with Gasteiger partial charge in [0.1, 0.15) is 0 Å². The van der Waals surface area contributed by atoms with E-state index in [-0.39, 0.29) is 5.54 Å². The Bertz CT molecular complexity index is 242. The topological polar surface area (TPSA) is 29.3 Å². The molecule has 1 aliphatic rings. The molecule has 0 spiro atoms. The molecule has 102 valence electrons. The van der Waals surface area contributed by atoms with E-state index >= 15 is 0 Å². The van der Waals surface area contributed by atoms with Gasteiger partial charge in [0.05, 0.1) is 0 Å². The molecule has 0 heterocycles. The van der Waals surface area contributed by atoms with E-state index in [1.165, 1.54) is 31.4 Å². The van der Waals surface area contributed by atoms with Gasteiger partial charge in [-0.25, -0.2) is 0 Å². The van der Waals surface area contributed by atoms with Crippen LogP contribution in [0.3, 0.4) is 0 Å². The highest BCUT2D eigenvalue weighted by molar-refractivity contribution is 7.98. The number of nitrogens with two attached hydrogens (primary N) is 1. The largest absolute Gasteiger partial charge is 0.329 e. The molecule has 0 amide bonds. The van der Waals surface area contributed by atoms with Crippen molar-refractivity contribution in [2.45, 2.75) is 58.0 Å². The normalized spacial score (nSPS) is 29.8. The van der Waals surface area contributed by atoms with Gasteiger partial charge in [0, 0.05) is 18.1 Å². The highest BCUT2D eigenvalue weighted by atomic mass is 32.2. The quantitative estimate of drug-likeness (QED) is 0.794. The van der Waals surface area contributed by atoms with Crippen molar-refractivity contribution in [3.63, 3.8) is 0 Å². The second-order valence-electron chi connectivity index (χ2n) is 6.51. The van der Waals surface area contributed by atoms with Gasteiger partial charge in [-0.3, -0.25) is 4.90 Å². The van der Waals surface area contributed by atoms with Crippen LogP contribution >= 0.6 is 11.8 Å². The van der Waals surface area contributed by atoms with E-state index in [2.05, 4.69) is 39.0 Å². The first-order chi connectivity index (χ1) is 7.87. The van der Waals surface area contributed by atoms with E-state index in [1.54, 1.807) is 0 Å². The summed E-state index contributed by atoms with van der Waals surface area (Å²) in [5.41, 5.74) is 6.83. The predicted octanol–water partition coefficient (Wildman–Crippen LogP) is 2.97. The summed E-state index contributed by atoms with van der Waals surface area (Å²) in [4.78, 5) is 2.57. The molecule has 0 aliphatic heterocycles. The first-order valence-corrected chi connectivity index (χ1v) is 8.18. The zero-order valence-corrected chi connectivity index (χ0v) is 13.1. The van der Waals surface area contributed by atoms with E-state index in [0.717, 1.165) is 6.54 Å². The maximum atomic E-state index is 6.11. The van der Waals surface area contributed by atoms with Crippen molar-refractivity contribution in [2.24, 2.45) is 11.1 Å². The number of hydrogen-bond acceptors (Lipinski definition) is 3. The van der Waals surface area contributed by atoms with Crippen LogP contribution in [0.25, 0.3) is 0 Å². The van der Waals surface area contributed by atoms with Gasteiger partial charge >= 0.3 is 0 Å². The van der Waals surface area contributed by atoms with Crippen LogP contribution in [0.5, 0.6) is 0 Å². The van der Waals surface area contributed by atoms with Gasteiger partial charge < -0.3 is 5.73 Å². The van der Waals surface area contributed by atoms with Crippen molar-refractivity contribution < 1.29 is 0 Å². The molecule has 0 aromatic rings. The lowest BCUT2D eigenvalue weighted by Crippen LogP contribution is -2.54. The van der Waals surface area contributed by atoms with Crippen molar-refractivity contribution >= 4 is 11.8 Å². The Morgan fingerprint density at radius 1 is 1.35 bits per heavy atom. The van der Waals surface area contributed by atoms with Gasteiger partial charge in [0.2, 0.25) is 0 Å². The third kappa shape index (κ3) is 3.62. The van der Waals surface area contributed by atoms with E-state index in [9.17, 15) is 0 Å². The standard InChI is InChI=1S/C14H30N2S/c1-12(6-9-17-5)16(4)14(11-15)8-7-13(2,3)10-14/h12H,6-11,15H2,1-5H3. The zero-order chi connectivity index (χ0) is 13.1. The Morgan fingerprint density at radius 3 is 2.41 bits per heavy atom.